The Morgan fingerprint density at radius 2 is 1.84 bits per heavy atom. The highest BCUT2D eigenvalue weighted by Crippen LogP contribution is 2.15. The molecule has 5 nitrogen and oxygen atoms in total. The van der Waals surface area contributed by atoms with Crippen LogP contribution in [0.4, 0.5) is 0 Å². The molecule has 0 aliphatic carbocycles. The highest BCUT2D eigenvalue weighted by atomic mass is 79.9. The lowest BCUT2D eigenvalue weighted by molar-refractivity contribution is 0.0381. The number of nitrogens with zero attached hydrogens (tertiary/aromatic N) is 4. The summed E-state index contributed by atoms with van der Waals surface area (Å²) in [5, 5.41) is 8.73. The van der Waals surface area contributed by atoms with Crippen LogP contribution in [0.5, 0.6) is 0 Å². The first-order valence-electron chi connectivity index (χ1n) is 7.14. The molecular formula is C13H23BrN4O. The predicted octanol–water partition coefficient (Wildman–Crippen LogP) is 1.46. The lowest BCUT2D eigenvalue weighted by atomic mass is 10.2. The van der Waals surface area contributed by atoms with Crippen LogP contribution < -0.4 is 0 Å². The molecule has 0 bridgehead atoms. The number of halogens is 1. The van der Waals surface area contributed by atoms with Crippen molar-refractivity contribution in [3.63, 3.8) is 0 Å². The van der Waals surface area contributed by atoms with Gasteiger partial charge in [-0.1, -0.05) is 6.42 Å². The van der Waals surface area contributed by atoms with Crippen LogP contribution in [0.15, 0.2) is 0 Å². The maximum atomic E-state index is 5.37. The van der Waals surface area contributed by atoms with E-state index in [4.69, 9.17) is 4.74 Å². The fourth-order valence-corrected chi connectivity index (χ4v) is 2.81. The molecule has 0 atom stereocenters. The number of morpholine rings is 1. The molecule has 0 amide bonds. The largest absolute Gasteiger partial charge is 0.379 e. The van der Waals surface area contributed by atoms with Gasteiger partial charge in [-0.25, -0.2) is 0 Å². The van der Waals surface area contributed by atoms with Crippen LogP contribution >= 0.6 is 17.0 Å². The molecule has 0 spiro atoms. The third-order valence-electron chi connectivity index (χ3n) is 3.94. The minimum Gasteiger partial charge on any atom is -0.379 e. The Balaban J connectivity index is 0.00000133. The standard InChI is InChI=1S/C13H22N4O.BrH/c1-2-4-12-14-15-13(17(12)6-3-1)5-7-16-8-10-18-11-9-16;/h1-11H2;1H. The van der Waals surface area contributed by atoms with E-state index < -0.39 is 0 Å². The number of fused-ring (bicyclic) bond motifs is 1. The minimum atomic E-state index is 0. The summed E-state index contributed by atoms with van der Waals surface area (Å²) in [4.78, 5) is 2.46. The maximum Gasteiger partial charge on any atom is 0.134 e. The first-order chi connectivity index (χ1) is 8.93. The zero-order valence-corrected chi connectivity index (χ0v) is 13.1. The molecule has 108 valence electrons. The van der Waals surface area contributed by atoms with Gasteiger partial charge in [0, 0.05) is 39.0 Å². The van der Waals surface area contributed by atoms with Gasteiger partial charge in [-0.15, -0.1) is 27.2 Å². The molecule has 2 aliphatic heterocycles. The van der Waals surface area contributed by atoms with E-state index in [-0.39, 0.29) is 17.0 Å². The van der Waals surface area contributed by atoms with Gasteiger partial charge in [0.25, 0.3) is 0 Å². The second-order valence-electron chi connectivity index (χ2n) is 5.20. The molecular weight excluding hydrogens is 308 g/mol. The van der Waals surface area contributed by atoms with Crippen molar-refractivity contribution >= 4 is 17.0 Å². The van der Waals surface area contributed by atoms with Crippen LogP contribution in [-0.2, 0) is 24.1 Å². The van der Waals surface area contributed by atoms with Gasteiger partial charge < -0.3 is 9.30 Å². The molecule has 1 fully saturated rings. The third kappa shape index (κ3) is 3.77. The average Bonchev–Trinajstić information content (AvgIpc) is 2.65. The van der Waals surface area contributed by atoms with Crippen LogP contribution in [0.3, 0.4) is 0 Å². The maximum absolute atomic E-state index is 5.37. The Bertz CT molecular complexity index is 390. The van der Waals surface area contributed by atoms with Crippen molar-refractivity contribution in [2.24, 2.45) is 0 Å². The van der Waals surface area contributed by atoms with Crippen LogP contribution in [-0.4, -0.2) is 52.5 Å². The average molecular weight is 331 g/mol. The van der Waals surface area contributed by atoms with Gasteiger partial charge in [0.1, 0.15) is 11.6 Å². The van der Waals surface area contributed by atoms with Crippen molar-refractivity contribution in [3.05, 3.63) is 11.6 Å². The number of ether oxygens (including phenoxy) is 1. The molecule has 1 aromatic heterocycles. The first kappa shape index (κ1) is 14.9. The third-order valence-corrected chi connectivity index (χ3v) is 3.94. The van der Waals surface area contributed by atoms with Crippen LogP contribution in [0, 0.1) is 0 Å². The number of aromatic nitrogens is 3. The smallest absolute Gasteiger partial charge is 0.134 e. The molecule has 0 N–H and O–H groups in total. The fraction of sp³-hybridized carbons (Fsp3) is 0.846. The van der Waals surface area contributed by atoms with Gasteiger partial charge in [-0.05, 0) is 12.8 Å². The second-order valence-corrected chi connectivity index (χ2v) is 5.20. The highest BCUT2D eigenvalue weighted by Gasteiger charge is 2.16. The zero-order chi connectivity index (χ0) is 12.2. The van der Waals surface area contributed by atoms with Crippen molar-refractivity contribution < 1.29 is 4.74 Å². The quantitative estimate of drug-likeness (QED) is 0.841. The van der Waals surface area contributed by atoms with E-state index >= 15 is 0 Å². The number of hydrogen-bond donors (Lipinski definition) is 0. The SMILES string of the molecule is Br.C1CCc2nnc(CCN3CCOCC3)n2CC1. The summed E-state index contributed by atoms with van der Waals surface area (Å²) < 4.78 is 7.72. The molecule has 0 unspecified atom stereocenters. The van der Waals surface area contributed by atoms with E-state index in [9.17, 15) is 0 Å². The van der Waals surface area contributed by atoms with Gasteiger partial charge in [-0.2, -0.15) is 0 Å². The second kappa shape index (κ2) is 7.36. The van der Waals surface area contributed by atoms with Crippen LogP contribution in [0.1, 0.15) is 30.9 Å². The number of hydrogen-bond acceptors (Lipinski definition) is 4. The summed E-state index contributed by atoms with van der Waals surface area (Å²) in [6.45, 7) is 6.06. The topological polar surface area (TPSA) is 43.2 Å². The molecule has 0 saturated carbocycles. The van der Waals surface area contributed by atoms with E-state index in [1.54, 1.807) is 0 Å². The van der Waals surface area contributed by atoms with Gasteiger partial charge in [-0.3, -0.25) is 4.90 Å². The summed E-state index contributed by atoms with van der Waals surface area (Å²) in [5.74, 6) is 2.38. The molecule has 6 heteroatoms. The van der Waals surface area contributed by atoms with Crippen LogP contribution in [0.2, 0.25) is 0 Å². The Morgan fingerprint density at radius 3 is 2.68 bits per heavy atom. The lowest BCUT2D eigenvalue weighted by Gasteiger charge is -2.26. The van der Waals surface area contributed by atoms with E-state index in [1.165, 1.54) is 30.9 Å². The number of aryl methyl sites for hydroxylation is 1. The summed E-state index contributed by atoms with van der Waals surface area (Å²) in [6.07, 6.45) is 5.99. The van der Waals surface area contributed by atoms with E-state index in [0.717, 1.165) is 52.2 Å². The monoisotopic (exact) mass is 330 g/mol. The lowest BCUT2D eigenvalue weighted by Crippen LogP contribution is -2.37. The Labute approximate surface area is 125 Å². The summed E-state index contributed by atoms with van der Waals surface area (Å²) >= 11 is 0. The molecule has 1 saturated heterocycles. The van der Waals surface area contributed by atoms with Gasteiger partial charge in [0.15, 0.2) is 0 Å². The van der Waals surface area contributed by atoms with E-state index in [1.807, 2.05) is 0 Å². The normalized spacial score (nSPS) is 20.4. The molecule has 0 aromatic carbocycles. The number of rotatable bonds is 3. The fourth-order valence-electron chi connectivity index (χ4n) is 2.81. The molecule has 19 heavy (non-hydrogen) atoms. The van der Waals surface area contributed by atoms with Crippen LogP contribution in [0.25, 0.3) is 0 Å². The Hall–Kier alpha value is -0.460. The summed E-state index contributed by atoms with van der Waals surface area (Å²) in [5.41, 5.74) is 0. The first-order valence-corrected chi connectivity index (χ1v) is 7.14. The molecule has 2 aliphatic rings. The zero-order valence-electron chi connectivity index (χ0n) is 11.4. The Morgan fingerprint density at radius 1 is 1.00 bits per heavy atom. The summed E-state index contributed by atoms with van der Waals surface area (Å²) in [7, 11) is 0. The Kier molecular flexibility index (Phi) is 5.78. The van der Waals surface area contributed by atoms with Crippen molar-refractivity contribution in [2.75, 3.05) is 32.8 Å². The molecule has 1 aromatic rings. The van der Waals surface area contributed by atoms with Crippen molar-refractivity contribution in [2.45, 2.75) is 38.6 Å². The highest BCUT2D eigenvalue weighted by molar-refractivity contribution is 8.93. The summed E-state index contributed by atoms with van der Waals surface area (Å²) in [6, 6.07) is 0. The van der Waals surface area contributed by atoms with Gasteiger partial charge in [0.2, 0.25) is 0 Å². The molecule has 3 rings (SSSR count). The minimum absolute atomic E-state index is 0. The van der Waals surface area contributed by atoms with Gasteiger partial charge >= 0.3 is 0 Å². The predicted molar refractivity (Wildman–Crippen MR) is 78.9 cm³/mol. The van der Waals surface area contributed by atoms with Crippen molar-refractivity contribution in [1.29, 1.82) is 0 Å². The molecule has 0 radical (unpaired) electrons. The van der Waals surface area contributed by atoms with Crippen molar-refractivity contribution in [3.8, 4) is 0 Å². The van der Waals surface area contributed by atoms with Crippen molar-refractivity contribution in [1.82, 2.24) is 19.7 Å². The van der Waals surface area contributed by atoms with E-state index in [2.05, 4.69) is 19.7 Å². The molecule has 3 heterocycles. The van der Waals surface area contributed by atoms with E-state index in [0.29, 0.717) is 0 Å². The van der Waals surface area contributed by atoms with Gasteiger partial charge in [0.05, 0.1) is 13.2 Å².